The zero-order chi connectivity index (χ0) is 24.7. The van der Waals surface area contributed by atoms with Gasteiger partial charge in [0.15, 0.2) is 0 Å². The van der Waals surface area contributed by atoms with E-state index < -0.39 is 0 Å². The summed E-state index contributed by atoms with van der Waals surface area (Å²) < 4.78 is 2.37. The van der Waals surface area contributed by atoms with Crippen molar-refractivity contribution >= 4 is 46.1 Å². The van der Waals surface area contributed by atoms with Gasteiger partial charge in [-0.25, -0.2) is 0 Å². The van der Waals surface area contributed by atoms with Crippen molar-refractivity contribution in [3.05, 3.63) is 31.9 Å². The number of hydrogen-bond acceptors (Lipinski definition) is 6. The van der Waals surface area contributed by atoms with Crippen molar-refractivity contribution in [1.82, 2.24) is 9.47 Å². The molecule has 0 bridgehead atoms. The molecule has 0 spiro atoms. The summed E-state index contributed by atoms with van der Waals surface area (Å²) in [7, 11) is 0. The molecular formula is C26H36N4O2S2. The Labute approximate surface area is 213 Å². The number of nitriles is 1. The number of carbonyl (C=O) groups is 1. The highest BCUT2D eigenvalue weighted by Gasteiger charge is 2.33. The molecule has 2 aliphatic rings. The lowest BCUT2D eigenvalue weighted by Gasteiger charge is -2.29. The summed E-state index contributed by atoms with van der Waals surface area (Å²) in [5.74, 6) is 0.783. The summed E-state index contributed by atoms with van der Waals surface area (Å²) in [6.45, 7) is 9.01. The van der Waals surface area contributed by atoms with Crippen LogP contribution in [0.3, 0.4) is 0 Å². The summed E-state index contributed by atoms with van der Waals surface area (Å²) in [4.78, 5) is 31.2. The molecule has 1 amide bonds. The first kappa shape index (κ1) is 26.5. The Hall–Kier alpha value is -2.11. The lowest BCUT2D eigenvalue weighted by Crippen LogP contribution is -2.35. The molecule has 0 aromatic carbocycles. The highest BCUT2D eigenvalue weighted by atomic mass is 32.2. The minimum atomic E-state index is -0.225. The number of unbranched alkanes of at least 4 members (excludes halogenated alkanes) is 3. The number of amides is 1. The van der Waals surface area contributed by atoms with E-state index in [0.717, 1.165) is 69.4 Å². The fraction of sp³-hybridized carbons (Fsp3) is 0.615. The molecule has 1 aromatic rings. The van der Waals surface area contributed by atoms with Crippen LogP contribution in [0.25, 0.3) is 6.08 Å². The summed E-state index contributed by atoms with van der Waals surface area (Å²) >= 11 is 6.86. The van der Waals surface area contributed by atoms with Gasteiger partial charge in [-0.1, -0.05) is 69.9 Å². The van der Waals surface area contributed by atoms with E-state index in [1.54, 1.807) is 9.47 Å². The Bertz CT molecular complexity index is 1050. The van der Waals surface area contributed by atoms with Crippen LogP contribution in [0.4, 0.5) is 5.82 Å². The Balaban J connectivity index is 2.15. The molecule has 2 saturated heterocycles. The van der Waals surface area contributed by atoms with Crippen LogP contribution in [-0.2, 0) is 11.3 Å². The van der Waals surface area contributed by atoms with E-state index in [1.807, 2.05) is 13.0 Å². The lowest BCUT2D eigenvalue weighted by atomic mass is 10.0. The normalized spacial score (nSPS) is 18.0. The van der Waals surface area contributed by atoms with Crippen LogP contribution >= 0.6 is 24.0 Å². The predicted molar refractivity (Wildman–Crippen MR) is 145 cm³/mol. The van der Waals surface area contributed by atoms with Crippen LogP contribution in [-0.4, -0.2) is 39.3 Å². The number of thioether (sulfide) groups is 1. The maximum absolute atomic E-state index is 13.4. The lowest BCUT2D eigenvalue weighted by molar-refractivity contribution is -0.122. The number of carbonyl (C=O) groups excluding carboxylic acids is 1. The van der Waals surface area contributed by atoms with Gasteiger partial charge in [0, 0.05) is 31.7 Å². The number of aromatic nitrogens is 1. The molecule has 0 saturated carbocycles. The van der Waals surface area contributed by atoms with Crippen molar-refractivity contribution in [1.29, 1.82) is 5.26 Å². The van der Waals surface area contributed by atoms with Gasteiger partial charge >= 0.3 is 0 Å². The summed E-state index contributed by atoms with van der Waals surface area (Å²) in [6, 6.07) is 2.14. The van der Waals surface area contributed by atoms with Crippen LogP contribution in [0.2, 0.25) is 0 Å². The molecule has 0 radical (unpaired) electrons. The maximum atomic E-state index is 13.4. The highest BCUT2D eigenvalue weighted by molar-refractivity contribution is 8.26. The quantitative estimate of drug-likeness (QED) is 0.250. The number of pyridine rings is 1. The molecule has 0 unspecified atom stereocenters. The zero-order valence-electron chi connectivity index (χ0n) is 20.7. The Morgan fingerprint density at radius 1 is 1.03 bits per heavy atom. The maximum Gasteiger partial charge on any atom is 0.270 e. The molecule has 3 heterocycles. The zero-order valence-corrected chi connectivity index (χ0v) is 22.3. The minimum Gasteiger partial charge on any atom is -0.357 e. The van der Waals surface area contributed by atoms with Crippen molar-refractivity contribution in [2.75, 3.05) is 24.5 Å². The molecule has 0 N–H and O–H groups in total. The van der Waals surface area contributed by atoms with Crippen LogP contribution in [0.15, 0.2) is 9.70 Å². The fourth-order valence-electron chi connectivity index (χ4n) is 4.63. The number of hydrogen-bond donors (Lipinski definition) is 0. The predicted octanol–water partition coefficient (Wildman–Crippen LogP) is 5.60. The molecule has 0 aliphatic carbocycles. The van der Waals surface area contributed by atoms with Crippen LogP contribution < -0.4 is 10.5 Å². The van der Waals surface area contributed by atoms with Crippen LogP contribution in [0.5, 0.6) is 0 Å². The third-order valence-corrected chi connectivity index (χ3v) is 8.00. The molecule has 34 heavy (non-hydrogen) atoms. The van der Waals surface area contributed by atoms with Gasteiger partial charge in [0.2, 0.25) is 0 Å². The largest absolute Gasteiger partial charge is 0.357 e. The Kier molecular flexibility index (Phi) is 9.78. The van der Waals surface area contributed by atoms with Gasteiger partial charge in [0.1, 0.15) is 21.8 Å². The molecule has 3 rings (SSSR count). The monoisotopic (exact) mass is 500 g/mol. The van der Waals surface area contributed by atoms with E-state index in [2.05, 4.69) is 24.8 Å². The smallest absolute Gasteiger partial charge is 0.270 e. The standard InChI is InChI=1S/C26H36N4O2S2/c1-4-6-10-16-30-25(32)22(34-26(30)33)17-20-19(3)21(18-27)24(31)29(15-7-5-2)23(20)28-13-11-8-9-12-14-28/h17H,4-16H2,1-3H3. The van der Waals surface area contributed by atoms with E-state index in [1.165, 1.54) is 24.6 Å². The van der Waals surface area contributed by atoms with Crippen LogP contribution in [0, 0.1) is 18.3 Å². The van der Waals surface area contributed by atoms with Crippen molar-refractivity contribution in [3.63, 3.8) is 0 Å². The van der Waals surface area contributed by atoms with Gasteiger partial charge in [-0.3, -0.25) is 19.1 Å². The summed E-state index contributed by atoms with van der Waals surface area (Å²) in [5.41, 5.74) is 1.40. The van der Waals surface area contributed by atoms with E-state index in [9.17, 15) is 14.9 Å². The van der Waals surface area contributed by atoms with Gasteiger partial charge in [-0.2, -0.15) is 5.26 Å². The van der Waals surface area contributed by atoms with Crippen molar-refractivity contribution < 1.29 is 4.79 Å². The highest BCUT2D eigenvalue weighted by Crippen LogP contribution is 2.36. The summed E-state index contributed by atoms with van der Waals surface area (Å²) in [5, 5.41) is 9.84. The molecule has 0 atom stereocenters. The van der Waals surface area contributed by atoms with E-state index in [4.69, 9.17) is 12.2 Å². The Morgan fingerprint density at radius 3 is 2.32 bits per heavy atom. The van der Waals surface area contributed by atoms with Crippen molar-refractivity contribution in [2.45, 2.75) is 85.1 Å². The first-order valence-corrected chi connectivity index (χ1v) is 13.8. The van der Waals surface area contributed by atoms with Crippen molar-refractivity contribution in [3.8, 4) is 6.07 Å². The van der Waals surface area contributed by atoms with E-state index >= 15 is 0 Å². The molecule has 1 aromatic heterocycles. The van der Waals surface area contributed by atoms with E-state index in [0.29, 0.717) is 27.9 Å². The average Bonchev–Trinajstić information content (AvgIpc) is 3.00. The summed E-state index contributed by atoms with van der Waals surface area (Å²) in [6.07, 6.45) is 11.3. The van der Waals surface area contributed by atoms with Crippen molar-refractivity contribution in [2.24, 2.45) is 0 Å². The first-order valence-electron chi connectivity index (χ1n) is 12.6. The fourth-order valence-corrected chi connectivity index (χ4v) is 5.93. The van der Waals surface area contributed by atoms with Gasteiger partial charge in [-0.05, 0) is 44.2 Å². The number of nitrogens with zero attached hydrogens (tertiary/aromatic N) is 4. The number of thiocarbonyl (C=S) groups is 1. The van der Waals surface area contributed by atoms with Gasteiger partial charge in [0.05, 0.1) is 4.91 Å². The van der Waals surface area contributed by atoms with Gasteiger partial charge < -0.3 is 4.90 Å². The minimum absolute atomic E-state index is 0.0721. The second kappa shape index (κ2) is 12.6. The molecule has 2 fully saturated rings. The first-order chi connectivity index (χ1) is 16.4. The second-order valence-electron chi connectivity index (χ2n) is 9.10. The number of rotatable bonds is 9. The third kappa shape index (κ3) is 5.75. The average molecular weight is 501 g/mol. The van der Waals surface area contributed by atoms with Gasteiger partial charge in [0.25, 0.3) is 11.5 Å². The van der Waals surface area contributed by atoms with E-state index in [-0.39, 0.29) is 17.0 Å². The Morgan fingerprint density at radius 2 is 1.71 bits per heavy atom. The van der Waals surface area contributed by atoms with Crippen LogP contribution in [0.1, 0.15) is 88.3 Å². The molecular weight excluding hydrogens is 464 g/mol. The molecule has 6 nitrogen and oxygen atoms in total. The molecule has 2 aliphatic heterocycles. The SMILES string of the molecule is CCCCCN1C(=O)C(=Cc2c(C)c(C#N)c(=O)n(CCCC)c2N2CCCCCC2)SC1=S. The topological polar surface area (TPSA) is 69.3 Å². The molecule has 8 heteroatoms. The molecule has 184 valence electrons. The second-order valence-corrected chi connectivity index (χ2v) is 10.8. The third-order valence-electron chi connectivity index (χ3n) is 6.62. The van der Waals surface area contributed by atoms with Gasteiger partial charge in [-0.15, -0.1) is 0 Å². The number of anilines is 1.